The lowest BCUT2D eigenvalue weighted by Crippen LogP contribution is -3.26. The van der Waals surface area contributed by atoms with Crippen molar-refractivity contribution < 1.29 is 19.2 Å². The van der Waals surface area contributed by atoms with Gasteiger partial charge in [-0.25, -0.2) is 5.32 Å². The van der Waals surface area contributed by atoms with Gasteiger partial charge in [0.1, 0.15) is 11.8 Å². The fourth-order valence-corrected chi connectivity index (χ4v) is 8.24. The molecule has 7 unspecified atom stereocenters. The number of amides is 2. The minimum Gasteiger partial charge on any atom is -0.381 e. The molecule has 0 spiro atoms. The molecule has 7 atom stereocenters. The topological polar surface area (TPSA) is 101 Å². The molecule has 0 bridgehead atoms. The summed E-state index contributed by atoms with van der Waals surface area (Å²) in [5, 5.41) is 7.22. The molecule has 0 aromatic heterocycles. The van der Waals surface area contributed by atoms with Gasteiger partial charge in [-0.1, -0.05) is 19.3 Å². The van der Waals surface area contributed by atoms with Crippen LogP contribution in [0.15, 0.2) is 0 Å². The van der Waals surface area contributed by atoms with Gasteiger partial charge in [-0.3, -0.25) is 15.3 Å². The Balaban J connectivity index is 1.29. The number of nitrogens with one attached hydrogen (secondary N) is 3. The van der Waals surface area contributed by atoms with E-state index in [0.717, 1.165) is 51.6 Å². The van der Waals surface area contributed by atoms with Crippen molar-refractivity contribution in [2.75, 3.05) is 20.2 Å². The molecule has 8 heteroatoms. The van der Waals surface area contributed by atoms with Crippen molar-refractivity contribution in [3.05, 3.63) is 0 Å². The number of hydrogen-bond acceptors (Lipinski definition) is 5. The van der Waals surface area contributed by atoms with Crippen LogP contribution in [-0.4, -0.2) is 67.6 Å². The smallest absolute Gasteiger partial charge is 0.234 e. The molecule has 2 aliphatic carbocycles. The lowest BCUT2D eigenvalue weighted by molar-refractivity contribution is -0.965. The van der Waals surface area contributed by atoms with Crippen molar-refractivity contribution in [1.82, 2.24) is 15.5 Å². The second-order valence-electron chi connectivity index (χ2n) is 12.8. The van der Waals surface area contributed by atoms with E-state index in [-0.39, 0.29) is 48.2 Å². The molecule has 0 radical (unpaired) electrons. The van der Waals surface area contributed by atoms with Crippen molar-refractivity contribution in [3.8, 4) is 0 Å². The van der Waals surface area contributed by atoms with Crippen LogP contribution < -0.4 is 21.3 Å². The molecular formula is C29H52N5O3+. The van der Waals surface area contributed by atoms with Gasteiger partial charge in [-0.2, -0.15) is 0 Å². The molecule has 0 aromatic carbocycles. The Bertz CT molecular complexity index is 782. The Morgan fingerprint density at radius 1 is 1.11 bits per heavy atom. The van der Waals surface area contributed by atoms with Crippen LogP contribution >= 0.6 is 0 Å². The van der Waals surface area contributed by atoms with Crippen molar-refractivity contribution in [2.24, 2.45) is 29.4 Å². The first-order chi connectivity index (χ1) is 18.0. The van der Waals surface area contributed by atoms with Crippen molar-refractivity contribution >= 4 is 11.8 Å². The van der Waals surface area contributed by atoms with E-state index in [1.54, 1.807) is 0 Å². The van der Waals surface area contributed by atoms with Crippen LogP contribution in [0.3, 0.4) is 0 Å². The lowest BCUT2D eigenvalue weighted by Gasteiger charge is -2.53. The first-order valence-electron chi connectivity index (χ1n) is 15.5. The number of rotatable bonds is 7. The normalized spacial score (nSPS) is 40.0. The zero-order chi connectivity index (χ0) is 25.9. The first-order valence-corrected chi connectivity index (χ1v) is 15.5. The maximum Gasteiger partial charge on any atom is 0.234 e. The molecule has 37 heavy (non-hydrogen) atoms. The second kappa shape index (κ2) is 12.3. The number of ether oxygens (including phenoxy) is 1. The molecule has 2 saturated carbocycles. The van der Waals surface area contributed by atoms with Gasteiger partial charge in [0.2, 0.25) is 11.8 Å². The molecule has 210 valence electrons. The molecule has 8 nitrogen and oxygen atoms in total. The molecule has 5 fully saturated rings. The van der Waals surface area contributed by atoms with E-state index < -0.39 is 0 Å². The van der Waals surface area contributed by atoms with Crippen molar-refractivity contribution in [2.45, 2.75) is 127 Å². The number of likely N-dealkylation sites (tertiary alicyclic amines) is 1. The SMILES string of the molecule is COC1CCC(CC[NH+]2C(N)C(C(=O)NC(C)C3CCCCC3)CC3C(=O)N4CCCCC4NC32)CC1. The third-order valence-corrected chi connectivity index (χ3v) is 10.7. The highest BCUT2D eigenvalue weighted by Gasteiger charge is 2.55. The maximum absolute atomic E-state index is 13.7. The third kappa shape index (κ3) is 6.02. The number of carbonyl (C=O) groups excluding carboxylic acids is 2. The number of nitrogens with zero attached hydrogens (tertiary/aromatic N) is 1. The van der Waals surface area contributed by atoms with Crippen molar-refractivity contribution in [1.29, 1.82) is 0 Å². The highest BCUT2D eigenvalue weighted by Crippen LogP contribution is 2.32. The Morgan fingerprint density at radius 2 is 1.84 bits per heavy atom. The Labute approximate surface area is 223 Å². The maximum atomic E-state index is 13.7. The molecule has 2 amide bonds. The number of hydrogen-bond donors (Lipinski definition) is 4. The van der Waals surface area contributed by atoms with Crippen LogP contribution in [0, 0.1) is 23.7 Å². The summed E-state index contributed by atoms with van der Waals surface area (Å²) >= 11 is 0. The molecule has 5 rings (SSSR count). The zero-order valence-electron chi connectivity index (χ0n) is 23.3. The average molecular weight is 519 g/mol. The van der Waals surface area contributed by atoms with Crippen LogP contribution in [0.2, 0.25) is 0 Å². The van der Waals surface area contributed by atoms with Gasteiger partial charge in [0.25, 0.3) is 0 Å². The highest BCUT2D eigenvalue weighted by molar-refractivity contribution is 5.84. The third-order valence-electron chi connectivity index (χ3n) is 10.7. The number of quaternary nitrogens is 1. The fourth-order valence-electron chi connectivity index (χ4n) is 8.24. The Kier molecular flexibility index (Phi) is 9.10. The van der Waals surface area contributed by atoms with Crippen molar-refractivity contribution in [3.63, 3.8) is 0 Å². The van der Waals surface area contributed by atoms with Gasteiger partial charge < -0.3 is 19.9 Å². The summed E-state index contributed by atoms with van der Waals surface area (Å²) < 4.78 is 5.58. The molecule has 3 heterocycles. The summed E-state index contributed by atoms with van der Waals surface area (Å²) in [6.45, 7) is 3.91. The summed E-state index contributed by atoms with van der Waals surface area (Å²) in [4.78, 5) is 30.7. The summed E-state index contributed by atoms with van der Waals surface area (Å²) in [6, 6.07) is 0.170. The first kappa shape index (κ1) is 27.4. The van der Waals surface area contributed by atoms with E-state index in [4.69, 9.17) is 10.5 Å². The van der Waals surface area contributed by atoms with E-state index in [0.29, 0.717) is 24.4 Å². The Morgan fingerprint density at radius 3 is 2.57 bits per heavy atom. The van der Waals surface area contributed by atoms with Gasteiger partial charge in [-0.15, -0.1) is 0 Å². The van der Waals surface area contributed by atoms with E-state index in [1.807, 2.05) is 7.11 Å². The van der Waals surface area contributed by atoms with E-state index in [1.165, 1.54) is 49.8 Å². The predicted octanol–water partition coefficient (Wildman–Crippen LogP) is 1.74. The average Bonchev–Trinajstić information content (AvgIpc) is 2.93. The van der Waals surface area contributed by atoms with Crippen LogP contribution in [0.4, 0.5) is 0 Å². The lowest BCUT2D eigenvalue weighted by atomic mass is 9.79. The molecule has 3 aliphatic heterocycles. The second-order valence-corrected chi connectivity index (χ2v) is 12.8. The quantitative estimate of drug-likeness (QED) is 0.411. The minimum atomic E-state index is -0.321. The largest absolute Gasteiger partial charge is 0.381 e. The number of fused-ring (bicyclic) bond motifs is 2. The predicted molar refractivity (Wildman–Crippen MR) is 143 cm³/mol. The van der Waals surface area contributed by atoms with E-state index >= 15 is 0 Å². The molecule has 0 aromatic rings. The van der Waals surface area contributed by atoms with Gasteiger partial charge in [0.15, 0.2) is 12.3 Å². The molecule has 5 aliphatic rings. The number of piperidine rings is 2. The van der Waals surface area contributed by atoms with E-state index in [2.05, 4.69) is 22.5 Å². The molecule has 3 saturated heterocycles. The number of carbonyl (C=O) groups is 2. The van der Waals surface area contributed by atoms with Crippen LogP contribution in [0.25, 0.3) is 0 Å². The van der Waals surface area contributed by atoms with Crippen LogP contribution in [-0.2, 0) is 14.3 Å². The fraction of sp³-hybridized carbons (Fsp3) is 0.931. The molecular weight excluding hydrogens is 466 g/mol. The monoisotopic (exact) mass is 518 g/mol. The Hall–Kier alpha value is -1.22. The van der Waals surface area contributed by atoms with Crippen LogP contribution in [0.1, 0.15) is 96.8 Å². The molecule has 5 N–H and O–H groups in total. The zero-order valence-corrected chi connectivity index (χ0v) is 23.3. The summed E-state index contributed by atoms with van der Waals surface area (Å²) in [7, 11) is 1.82. The van der Waals surface area contributed by atoms with Crippen LogP contribution in [0.5, 0.6) is 0 Å². The van der Waals surface area contributed by atoms with Gasteiger partial charge in [0, 0.05) is 19.7 Å². The van der Waals surface area contributed by atoms with Gasteiger partial charge in [0.05, 0.1) is 18.8 Å². The number of methoxy groups -OCH3 is 1. The van der Waals surface area contributed by atoms with Gasteiger partial charge in [-0.05, 0) is 89.4 Å². The van der Waals surface area contributed by atoms with E-state index in [9.17, 15) is 9.59 Å². The summed E-state index contributed by atoms with van der Waals surface area (Å²) in [5.74, 6) is 1.05. The van der Waals surface area contributed by atoms with Gasteiger partial charge >= 0.3 is 0 Å². The highest BCUT2D eigenvalue weighted by atomic mass is 16.5. The standard InChI is InChI=1S/C29H51N5O3/c1-19(21-8-4-3-5-9-21)31-28(35)23-18-24-27(32-25-10-6-7-16-33(25)29(24)36)34(26(23)30)17-15-20-11-13-22(37-2)14-12-20/h19-27,32H,3-18,30H2,1-2H3,(H,31,35)/p+1. The summed E-state index contributed by atoms with van der Waals surface area (Å²) in [6.07, 6.45) is 16.0. The number of nitrogens with two attached hydrogens (primary N) is 1. The summed E-state index contributed by atoms with van der Waals surface area (Å²) in [5.41, 5.74) is 6.98. The minimum absolute atomic E-state index is 0.0111.